The Kier molecular flexibility index (Phi) is 3.17. The predicted octanol–water partition coefficient (Wildman–Crippen LogP) is 3.58. The molecule has 0 amide bonds. The number of rotatable bonds is 2. The lowest BCUT2D eigenvalue weighted by Crippen LogP contribution is -2.16. The Bertz CT molecular complexity index is 628. The molecule has 1 heterocycles. The molecule has 0 saturated heterocycles. The lowest BCUT2D eigenvalue weighted by molar-refractivity contribution is 0.275. The van der Waals surface area contributed by atoms with Crippen LogP contribution in [-0.4, -0.2) is 4.90 Å². The van der Waals surface area contributed by atoms with Gasteiger partial charge in [0.1, 0.15) is 5.82 Å². The molecular weight excluding hydrogens is 263 g/mol. The summed E-state index contributed by atoms with van der Waals surface area (Å²) in [5.74, 6) is -0.250. The summed E-state index contributed by atoms with van der Waals surface area (Å²) >= 11 is 6.10. The molecule has 3 rings (SSSR count). The Labute approximate surface area is 116 Å². The van der Waals surface area contributed by atoms with Crippen molar-refractivity contribution < 1.29 is 4.39 Å². The smallest absolute Gasteiger partial charge is 0.123 e. The number of nitrogen functional groups attached to an aromatic ring is 1. The summed E-state index contributed by atoms with van der Waals surface area (Å²) in [6, 6.07) is 10.5. The molecule has 19 heavy (non-hydrogen) atoms. The van der Waals surface area contributed by atoms with Gasteiger partial charge in [0.05, 0.1) is 0 Å². The van der Waals surface area contributed by atoms with Crippen molar-refractivity contribution in [2.24, 2.45) is 0 Å². The van der Waals surface area contributed by atoms with E-state index in [4.69, 9.17) is 17.3 Å². The monoisotopic (exact) mass is 276 g/mol. The van der Waals surface area contributed by atoms with Gasteiger partial charge in [-0.2, -0.15) is 0 Å². The maximum absolute atomic E-state index is 13.2. The van der Waals surface area contributed by atoms with Gasteiger partial charge in [-0.1, -0.05) is 17.7 Å². The van der Waals surface area contributed by atoms with Crippen molar-refractivity contribution in [2.75, 3.05) is 5.73 Å². The van der Waals surface area contributed by atoms with Gasteiger partial charge in [0.25, 0.3) is 0 Å². The van der Waals surface area contributed by atoms with Crippen LogP contribution in [0.1, 0.15) is 16.7 Å². The number of hydrogen-bond donors (Lipinski definition) is 1. The van der Waals surface area contributed by atoms with Crippen molar-refractivity contribution in [3.63, 3.8) is 0 Å². The normalized spacial score (nSPS) is 14.6. The van der Waals surface area contributed by atoms with Gasteiger partial charge in [0.2, 0.25) is 0 Å². The van der Waals surface area contributed by atoms with E-state index >= 15 is 0 Å². The first kappa shape index (κ1) is 12.5. The second kappa shape index (κ2) is 4.83. The van der Waals surface area contributed by atoms with E-state index in [1.54, 1.807) is 6.07 Å². The standard InChI is InChI=1S/C15H14ClFN2/c16-15-4-2-13(17)5-12(15)9-19-7-10-1-3-14(18)6-11(10)8-19/h1-6H,7-9,18H2. The van der Waals surface area contributed by atoms with E-state index in [0.717, 1.165) is 24.3 Å². The van der Waals surface area contributed by atoms with Crippen LogP contribution in [0.3, 0.4) is 0 Å². The van der Waals surface area contributed by atoms with Crippen LogP contribution in [0.25, 0.3) is 0 Å². The van der Waals surface area contributed by atoms with E-state index in [1.165, 1.54) is 23.3 Å². The third-order valence-corrected chi connectivity index (χ3v) is 3.79. The fourth-order valence-electron chi connectivity index (χ4n) is 2.50. The number of fused-ring (bicyclic) bond motifs is 1. The lowest BCUT2D eigenvalue weighted by atomic mass is 10.1. The highest BCUT2D eigenvalue weighted by molar-refractivity contribution is 6.31. The van der Waals surface area contributed by atoms with Crippen molar-refractivity contribution in [3.8, 4) is 0 Å². The highest BCUT2D eigenvalue weighted by Gasteiger charge is 2.19. The van der Waals surface area contributed by atoms with Crippen molar-refractivity contribution in [1.82, 2.24) is 4.90 Å². The van der Waals surface area contributed by atoms with Gasteiger partial charge in [-0.05, 0) is 47.0 Å². The van der Waals surface area contributed by atoms with Crippen LogP contribution in [-0.2, 0) is 19.6 Å². The molecule has 2 N–H and O–H groups in total. The Morgan fingerprint density at radius 2 is 1.89 bits per heavy atom. The maximum atomic E-state index is 13.2. The quantitative estimate of drug-likeness (QED) is 0.850. The van der Waals surface area contributed by atoms with Crippen LogP contribution < -0.4 is 5.73 Å². The molecule has 0 spiro atoms. The number of nitrogens with zero attached hydrogens (tertiary/aromatic N) is 1. The van der Waals surface area contributed by atoms with Crippen molar-refractivity contribution >= 4 is 17.3 Å². The molecule has 2 nitrogen and oxygen atoms in total. The Morgan fingerprint density at radius 1 is 1.11 bits per heavy atom. The minimum Gasteiger partial charge on any atom is -0.399 e. The molecule has 0 aromatic heterocycles. The minimum atomic E-state index is -0.250. The average Bonchev–Trinajstić information content (AvgIpc) is 2.75. The summed E-state index contributed by atoms with van der Waals surface area (Å²) in [7, 11) is 0. The molecule has 0 aliphatic carbocycles. The van der Waals surface area contributed by atoms with Crippen molar-refractivity contribution in [3.05, 3.63) is 63.9 Å². The first-order valence-corrected chi connectivity index (χ1v) is 6.53. The summed E-state index contributed by atoms with van der Waals surface area (Å²) in [5, 5.41) is 0.608. The Balaban J connectivity index is 1.78. The number of hydrogen-bond acceptors (Lipinski definition) is 2. The van der Waals surface area contributed by atoms with E-state index in [2.05, 4.69) is 11.0 Å². The Hall–Kier alpha value is -1.58. The molecule has 0 fully saturated rings. The highest BCUT2D eigenvalue weighted by atomic mass is 35.5. The molecule has 98 valence electrons. The molecule has 1 aliphatic rings. The first-order chi connectivity index (χ1) is 9.11. The minimum absolute atomic E-state index is 0.250. The molecule has 0 saturated carbocycles. The topological polar surface area (TPSA) is 29.3 Å². The van der Waals surface area contributed by atoms with Crippen LogP contribution in [0.2, 0.25) is 5.02 Å². The average molecular weight is 277 g/mol. The van der Waals surface area contributed by atoms with Crippen LogP contribution >= 0.6 is 11.6 Å². The molecule has 0 atom stereocenters. The van der Waals surface area contributed by atoms with E-state index < -0.39 is 0 Å². The SMILES string of the molecule is Nc1ccc2c(c1)CN(Cc1cc(F)ccc1Cl)C2. The van der Waals surface area contributed by atoms with E-state index in [0.29, 0.717) is 11.6 Å². The molecule has 2 aromatic rings. The fraction of sp³-hybridized carbons (Fsp3) is 0.200. The summed E-state index contributed by atoms with van der Waals surface area (Å²) in [6.07, 6.45) is 0. The van der Waals surface area contributed by atoms with Crippen LogP contribution in [0.15, 0.2) is 36.4 Å². The lowest BCUT2D eigenvalue weighted by Gasteiger charge is -2.15. The molecule has 4 heteroatoms. The van der Waals surface area contributed by atoms with Gasteiger partial charge in [-0.15, -0.1) is 0 Å². The van der Waals surface area contributed by atoms with E-state index in [9.17, 15) is 4.39 Å². The Morgan fingerprint density at radius 3 is 2.74 bits per heavy atom. The fourth-order valence-corrected chi connectivity index (χ4v) is 2.68. The molecule has 0 radical (unpaired) electrons. The zero-order valence-electron chi connectivity index (χ0n) is 10.4. The number of benzene rings is 2. The molecule has 0 unspecified atom stereocenters. The summed E-state index contributed by atoms with van der Waals surface area (Å²) < 4.78 is 13.2. The van der Waals surface area contributed by atoms with Gasteiger partial charge >= 0.3 is 0 Å². The highest BCUT2D eigenvalue weighted by Crippen LogP contribution is 2.27. The summed E-state index contributed by atoms with van der Waals surface area (Å²) in [6.45, 7) is 2.32. The zero-order valence-corrected chi connectivity index (χ0v) is 11.1. The van der Waals surface area contributed by atoms with Crippen molar-refractivity contribution in [2.45, 2.75) is 19.6 Å². The zero-order chi connectivity index (χ0) is 13.4. The van der Waals surface area contributed by atoms with Gasteiger partial charge in [-0.3, -0.25) is 4.90 Å². The number of nitrogens with two attached hydrogens (primary N) is 1. The van der Waals surface area contributed by atoms with Gasteiger partial charge in [0.15, 0.2) is 0 Å². The predicted molar refractivity (Wildman–Crippen MR) is 75.2 cm³/mol. The van der Waals surface area contributed by atoms with Gasteiger partial charge in [0, 0.05) is 30.3 Å². The molecular formula is C15H14ClFN2. The second-order valence-corrected chi connectivity index (χ2v) is 5.32. The third-order valence-electron chi connectivity index (χ3n) is 3.42. The summed E-state index contributed by atoms with van der Waals surface area (Å²) in [5.41, 5.74) is 9.91. The number of halogens is 2. The van der Waals surface area contributed by atoms with Crippen LogP contribution in [0, 0.1) is 5.82 Å². The van der Waals surface area contributed by atoms with Crippen LogP contribution in [0.5, 0.6) is 0 Å². The van der Waals surface area contributed by atoms with Crippen molar-refractivity contribution in [1.29, 1.82) is 0 Å². The van der Waals surface area contributed by atoms with E-state index in [-0.39, 0.29) is 5.82 Å². The van der Waals surface area contributed by atoms with Gasteiger partial charge < -0.3 is 5.73 Å². The maximum Gasteiger partial charge on any atom is 0.123 e. The van der Waals surface area contributed by atoms with E-state index in [1.807, 2.05) is 12.1 Å². The molecule has 1 aliphatic heterocycles. The van der Waals surface area contributed by atoms with Gasteiger partial charge in [-0.25, -0.2) is 4.39 Å². The largest absolute Gasteiger partial charge is 0.399 e. The second-order valence-electron chi connectivity index (χ2n) is 4.91. The molecule has 2 aromatic carbocycles. The third kappa shape index (κ3) is 2.57. The summed E-state index contributed by atoms with van der Waals surface area (Å²) in [4.78, 5) is 2.23. The number of anilines is 1. The van der Waals surface area contributed by atoms with Crippen LogP contribution in [0.4, 0.5) is 10.1 Å². The first-order valence-electron chi connectivity index (χ1n) is 6.15. The molecule has 0 bridgehead atoms.